The quantitative estimate of drug-likeness (QED) is 0.603. The zero-order valence-electron chi connectivity index (χ0n) is 14.4. The van der Waals surface area contributed by atoms with Crippen LogP contribution in [0.1, 0.15) is 40.2 Å². The molecule has 1 amide bonds. The maximum absolute atomic E-state index is 13.6. The van der Waals surface area contributed by atoms with E-state index in [0.29, 0.717) is 17.0 Å². The fourth-order valence-electron chi connectivity index (χ4n) is 1.69. The van der Waals surface area contributed by atoms with Gasteiger partial charge >= 0.3 is 6.09 Å². The largest absolute Gasteiger partial charge is 0.591 e. The number of rotatable bonds is 6. The van der Waals surface area contributed by atoms with E-state index >= 15 is 0 Å². The maximum Gasteiger partial charge on any atom is 0.404 e. The molecular weight excluding hydrogens is 335 g/mol. The highest BCUT2D eigenvalue weighted by molar-refractivity contribution is 7.91. The van der Waals surface area contributed by atoms with Gasteiger partial charge in [-0.05, 0) is 52.8 Å². The Morgan fingerprint density at radius 3 is 2.67 bits per heavy atom. The van der Waals surface area contributed by atoms with E-state index in [1.807, 2.05) is 0 Å². The molecule has 1 unspecified atom stereocenters. The summed E-state index contributed by atoms with van der Waals surface area (Å²) in [7, 11) is 0. The van der Waals surface area contributed by atoms with Gasteiger partial charge in [0.2, 0.25) is 0 Å². The van der Waals surface area contributed by atoms with Gasteiger partial charge in [-0.3, -0.25) is 0 Å². The Bertz CT molecular complexity index is 617. The van der Waals surface area contributed by atoms with Crippen LogP contribution in [-0.4, -0.2) is 38.9 Å². The monoisotopic (exact) mass is 358 g/mol. The summed E-state index contributed by atoms with van der Waals surface area (Å²) >= 11 is -1.49. The molecule has 0 heterocycles. The molecule has 8 heteroatoms. The van der Waals surface area contributed by atoms with Crippen molar-refractivity contribution in [1.29, 1.82) is 0 Å². The SMILES string of the molecule is CC(=N[S+]([O-])C(C)(C)C)c1cc(F)ccc1O[C@@H](C)CNC(=O)O. The van der Waals surface area contributed by atoms with Crippen LogP contribution in [0.25, 0.3) is 0 Å². The van der Waals surface area contributed by atoms with E-state index in [-0.39, 0.29) is 6.54 Å². The molecule has 0 aliphatic rings. The highest BCUT2D eigenvalue weighted by atomic mass is 32.2. The third-order valence-corrected chi connectivity index (χ3v) is 4.43. The second-order valence-electron chi connectivity index (χ2n) is 6.29. The van der Waals surface area contributed by atoms with E-state index in [9.17, 15) is 13.7 Å². The standard InChI is InChI=1S/C16H23FN2O4S/c1-10(9-18-15(20)21)23-14-7-6-12(17)8-13(14)11(2)19-24(22)16(3,4)5/h6-8,10,18H,9H2,1-5H3,(H,20,21)/t10-,24?/m0/s1. The summed E-state index contributed by atoms with van der Waals surface area (Å²) < 4.78 is 35.0. The minimum absolute atomic E-state index is 0.0796. The molecule has 0 aromatic heterocycles. The number of hydrogen-bond donors (Lipinski definition) is 2. The fraction of sp³-hybridized carbons (Fsp3) is 0.500. The molecule has 0 aliphatic heterocycles. The Labute approximate surface area is 144 Å². The Balaban J connectivity index is 3.04. The predicted octanol–water partition coefficient (Wildman–Crippen LogP) is 3.13. The summed E-state index contributed by atoms with van der Waals surface area (Å²) in [5.74, 6) is -0.118. The van der Waals surface area contributed by atoms with Gasteiger partial charge in [0.15, 0.2) is 0 Å². The molecule has 0 spiro atoms. The summed E-state index contributed by atoms with van der Waals surface area (Å²) in [5, 5.41) is 10.8. The molecule has 1 rings (SSSR count). The highest BCUT2D eigenvalue weighted by Crippen LogP contribution is 2.24. The predicted molar refractivity (Wildman–Crippen MR) is 92.6 cm³/mol. The fourth-order valence-corrected chi connectivity index (χ4v) is 2.31. The molecule has 0 bridgehead atoms. The minimum atomic E-state index is -1.49. The lowest BCUT2D eigenvalue weighted by Crippen LogP contribution is -2.32. The molecule has 2 N–H and O–H groups in total. The van der Waals surface area contributed by atoms with E-state index < -0.39 is 34.1 Å². The molecule has 0 saturated heterocycles. The van der Waals surface area contributed by atoms with Gasteiger partial charge in [0, 0.05) is 5.56 Å². The van der Waals surface area contributed by atoms with E-state index in [2.05, 4.69) is 9.71 Å². The maximum atomic E-state index is 13.6. The van der Waals surface area contributed by atoms with Crippen molar-refractivity contribution in [2.45, 2.75) is 45.5 Å². The van der Waals surface area contributed by atoms with Crippen LogP contribution < -0.4 is 10.1 Å². The minimum Gasteiger partial charge on any atom is -0.591 e. The molecular formula is C16H23FN2O4S. The average molecular weight is 358 g/mol. The van der Waals surface area contributed by atoms with Gasteiger partial charge in [0.05, 0.1) is 12.3 Å². The lowest BCUT2D eigenvalue weighted by molar-refractivity contribution is 0.178. The lowest BCUT2D eigenvalue weighted by Gasteiger charge is -2.20. The molecule has 1 aromatic rings. The van der Waals surface area contributed by atoms with Crippen molar-refractivity contribution < 1.29 is 23.6 Å². The van der Waals surface area contributed by atoms with Gasteiger partial charge in [0.1, 0.15) is 33.8 Å². The molecule has 0 fully saturated rings. The van der Waals surface area contributed by atoms with Gasteiger partial charge in [-0.15, -0.1) is 0 Å². The van der Waals surface area contributed by atoms with Crippen molar-refractivity contribution in [2.24, 2.45) is 4.40 Å². The number of nitrogens with zero attached hydrogens (tertiary/aromatic N) is 1. The van der Waals surface area contributed by atoms with Gasteiger partial charge in [0.25, 0.3) is 0 Å². The zero-order valence-corrected chi connectivity index (χ0v) is 15.2. The second-order valence-corrected chi connectivity index (χ2v) is 8.20. The number of ether oxygens (including phenoxy) is 1. The first-order chi connectivity index (χ1) is 11.0. The number of halogens is 1. The lowest BCUT2D eigenvalue weighted by atomic mass is 10.1. The summed E-state index contributed by atoms with van der Waals surface area (Å²) in [6, 6.07) is 3.94. The van der Waals surface area contributed by atoms with Gasteiger partial charge < -0.3 is 19.7 Å². The molecule has 134 valence electrons. The van der Waals surface area contributed by atoms with Crippen LogP contribution in [0.5, 0.6) is 5.75 Å². The van der Waals surface area contributed by atoms with Gasteiger partial charge in [-0.1, -0.05) is 4.40 Å². The number of nitrogens with one attached hydrogen (secondary N) is 1. The zero-order chi connectivity index (χ0) is 18.5. The van der Waals surface area contributed by atoms with Crippen LogP contribution in [0.15, 0.2) is 22.6 Å². The van der Waals surface area contributed by atoms with Crippen LogP contribution in [0, 0.1) is 5.82 Å². The van der Waals surface area contributed by atoms with E-state index in [1.54, 1.807) is 34.6 Å². The van der Waals surface area contributed by atoms with Crippen molar-refractivity contribution in [3.8, 4) is 5.75 Å². The van der Waals surface area contributed by atoms with E-state index in [0.717, 1.165) is 0 Å². The summed E-state index contributed by atoms with van der Waals surface area (Å²) in [6.45, 7) is 8.78. The van der Waals surface area contributed by atoms with Crippen LogP contribution in [0.2, 0.25) is 0 Å². The van der Waals surface area contributed by atoms with Gasteiger partial charge in [-0.25, -0.2) is 9.18 Å². The third-order valence-electron chi connectivity index (χ3n) is 2.94. The number of amides is 1. The van der Waals surface area contributed by atoms with Crippen LogP contribution in [0.3, 0.4) is 0 Å². The van der Waals surface area contributed by atoms with Crippen LogP contribution in [-0.2, 0) is 11.4 Å². The normalized spacial score (nSPS) is 14.9. The van der Waals surface area contributed by atoms with Gasteiger partial charge in [-0.2, -0.15) is 0 Å². The Morgan fingerprint density at radius 1 is 1.50 bits per heavy atom. The summed E-state index contributed by atoms with van der Waals surface area (Å²) in [5.41, 5.74) is 0.769. The Kier molecular flexibility index (Phi) is 7.04. The molecule has 1 aromatic carbocycles. The smallest absolute Gasteiger partial charge is 0.404 e. The number of benzene rings is 1. The highest BCUT2D eigenvalue weighted by Gasteiger charge is 2.27. The van der Waals surface area contributed by atoms with Crippen molar-refractivity contribution >= 4 is 23.2 Å². The number of carbonyl (C=O) groups is 1. The van der Waals surface area contributed by atoms with Crippen molar-refractivity contribution in [3.05, 3.63) is 29.6 Å². The van der Waals surface area contributed by atoms with Crippen molar-refractivity contribution in [1.82, 2.24) is 5.32 Å². The molecule has 0 saturated carbocycles. The third kappa shape index (κ3) is 6.37. The summed E-state index contributed by atoms with van der Waals surface area (Å²) in [6.07, 6.45) is -1.62. The number of hydrogen-bond acceptors (Lipinski definition) is 4. The van der Waals surface area contributed by atoms with Crippen molar-refractivity contribution in [3.63, 3.8) is 0 Å². The molecule has 0 radical (unpaired) electrons. The Hall–Kier alpha value is -1.80. The molecule has 0 aliphatic carbocycles. The first-order valence-corrected chi connectivity index (χ1v) is 8.52. The number of carboxylic acid groups (broad SMARTS) is 1. The summed E-state index contributed by atoms with van der Waals surface area (Å²) in [4.78, 5) is 10.5. The first kappa shape index (κ1) is 20.2. The average Bonchev–Trinajstić information content (AvgIpc) is 2.45. The first-order valence-electron chi connectivity index (χ1n) is 7.41. The molecule has 2 atom stereocenters. The topological polar surface area (TPSA) is 94.0 Å². The Morgan fingerprint density at radius 2 is 2.12 bits per heavy atom. The van der Waals surface area contributed by atoms with E-state index in [4.69, 9.17) is 9.84 Å². The van der Waals surface area contributed by atoms with Crippen LogP contribution >= 0.6 is 0 Å². The second kappa shape index (κ2) is 8.34. The molecule has 24 heavy (non-hydrogen) atoms. The van der Waals surface area contributed by atoms with E-state index in [1.165, 1.54) is 18.2 Å². The van der Waals surface area contributed by atoms with Crippen molar-refractivity contribution in [2.75, 3.05) is 6.54 Å². The van der Waals surface area contributed by atoms with Crippen LogP contribution in [0.4, 0.5) is 9.18 Å². The molecule has 6 nitrogen and oxygen atoms in total.